The van der Waals surface area contributed by atoms with E-state index in [1.54, 1.807) is 56.5 Å². The molecule has 10 heteroatoms. The Morgan fingerprint density at radius 1 is 0.969 bits per heavy atom. The van der Waals surface area contributed by atoms with Crippen molar-refractivity contribution in [3.63, 3.8) is 0 Å². The van der Waals surface area contributed by atoms with Gasteiger partial charge in [-0.2, -0.15) is 0 Å². The van der Waals surface area contributed by atoms with Crippen LogP contribution in [0.25, 0.3) is 0 Å². The van der Waals surface area contributed by atoms with E-state index in [4.69, 9.17) is 14.2 Å². The molecule has 0 atom stereocenters. The molecule has 0 saturated carbocycles. The zero-order valence-electron chi connectivity index (χ0n) is 18.1. The highest BCUT2D eigenvalue weighted by Gasteiger charge is 2.20. The molecule has 2 N–H and O–H groups in total. The van der Waals surface area contributed by atoms with Gasteiger partial charge >= 0.3 is 6.09 Å². The zero-order chi connectivity index (χ0) is 23.4. The summed E-state index contributed by atoms with van der Waals surface area (Å²) in [5, 5.41) is 5.02. The van der Waals surface area contributed by atoms with E-state index in [9.17, 15) is 18.0 Å². The van der Waals surface area contributed by atoms with Crippen LogP contribution in [0.2, 0.25) is 0 Å². The maximum absolute atomic E-state index is 12.7. The first-order chi connectivity index (χ1) is 15.4. The van der Waals surface area contributed by atoms with E-state index in [1.807, 2.05) is 0 Å². The average molecular weight is 465 g/mol. The highest BCUT2D eigenvalue weighted by atomic mass is 32.2. The molecule has 0 bridgehead atoms. The maximum atomic E-state index is 12.7. The zero-order valence-corrected chi connectivity index (χ0v) is 18.9. The Kier molecular flexibility index (Phi) is 9.96. The number of carbonyl (C=O) groups is 2. The molecule has 0 spiro atoms. The van der Waals surface area contributed by atoms with Crippen LogP contribution in [0.4, 0.5) is 4.79 Å². The first kappa shape index (κ1) is 25.2. The molecular weight excluding hydrogens is 436 g/mol. The minimum atomic E-state index is -3.78. The van der Waals surface area contributed by atoms with Gasteiger partial charge in [0.05, 0.1) is 23.7 Å². The van der Waals surface area contributed by atoms with Gasteiger partial charge in [-0.3, -0.25) is 4.79 Å². The fraction of sp³-hybridized carbons (Fsp3) is 0.364. The molecule has 32 heavy (non-hydrogen) atoms. The minimum Gasteiger partial charge on any atom is -0.490 e. The van der Waals surface area contributed by atoms with E-state index < -0.39 is 21.8 Å². The van der Waals surface area contributed by atoms with Crippen molar-refractivity contribution >= 4 is 21.8 Å². The largest absolute Gasteiger partial charge is 0.490 e. The molecular formula is C22H28N2O7S. The Hall–Kier alpha value is -3.11. The van der Waals surface area contributed by atoms with Gasteiger partial charge in [0.15, 0.2) is 9.84 Å². The van der Waals surface area contributed by atoms with Crippen LogP contribution in [-0.4, -0.2) is 59.8 Å². The number of carbonyl (C=O) groups excluding carboxylic acids is 2. The second kappa shape index (κ2) is 12.7. The molecule has 0 saturated heterocycles. The maximum Gasteiger partial charge on any atom is 0.407 e. The lowest BCUT2D eigenvalue weighted by atomic mass is 10.1. The van der Waals surface area contributed by atoms with Gasteiger partial charge in [0.2, 0.25) is 0 Å². The molecule has 0 radical (unpaired) electrons. The molecule has 2 amide bonds. The van der Waals surface area contributed by atoms with Crippen LogP contribution < -0.4 is 15.4 Å². The highest BCUT2D eigenvalue weighted by molar-refractivity contribution is 7.91. The van der Waals surface area contributed by atoms with E-state index in [1.165, 1.54) is 6.07 Å². The quantitative estimate of drug-likeness (QED) is 0.462. The van der Waals surface area contributed by atoms with Gasteiger partial charge in [-0.05, 0) is 37.1 Å². The monoisotopic (exact) mass is 464 g/mol. The summed E-state index contributed by atoms with van der Waals surface area (Å²) < 4.78 is 40.6. The van der Waals surface area contributed by atoms with Crippen molar-refractivity contribution in [3.05, 3.63) is 59.7 Å². The molecule has 0 aliphatic carbocycles. The molecule has 0 aliphatic heterocycles. The van der Waals surface area contributed by atoms with Crippen molar-refractivity contribution < 1.29 is 32.2 Å². The summed E-state index contributed by atoms with van der Waals surface area (Å²) in [6.45, 7) is 2.69. The van der Waals surface area contributed by atoms with Gasteiger partial charge in [0.25, 0.3) is 5.91 Å². The SMILES string of the molecule is CCOC(=O)NCS(=O)(=O)c1ccccc1CCNC(=O)c1ccccc1OCCOC. The lowest BCUT2D eigenvalue weighted by molar-refractivity contribution is 0.0946. The molecule has 2 aromatic rings. The third kappa shape index (κ3) is 7.54. The summed E-state index contributed by atoms with van der Waals surface area (Å²) in [7, 11) is -2.22. The Balaban J connectivity index is 2.01. The van der Waals surface area contributed by atoms with Crippen LogP contribution in [0.5, 0.6) is 5.75 Å². The minimum absolute atomic E-state index is 0.0920. The van der Waals surface area contributed by atoms with Gasteiger partial charge in [-0.1, -0.05) is 30.3 Å². The summed E-state index contributed by atoms with van der Waals surface area (Å²) in [5.41, 5.74) is 0.909. The van der Waals surface area contributed by atoms with Crippen molar-refractivity contribution in [1.29, 1.82) is 0 Å². The van der Waals surface area contributed by atoms with Crippen molar-refractivity contribution in [3.8, 4) is 5.75 Å². The van der Waals surface area contributed by atoms with E-state index in [0.717, 1.165) is 0 Å². The van der Waals surface area contributed by atoms with Crippen molar-refractivity contribution in [2.75, 3.05) is 39.4 Å². The summed E-state index contributed by atoms with van der Waals surface area (Å²) in [5.74, 6) is -0.473. The topological polar surface area (TPSA) is 120 Å². The number of para-hydroxylation sites is 1. The van der Waals surface area contributed by atoms with E-state index in [2.05, 4.69) is 10.6 Å². The summed E-state index contributed by atoms with van der Waals surface area (Å²) in [4.78, 5) is 24.1. The van der Waals surface area contributed by atoms with Crippen LogP contribution in [0, 0.1) is 0 Å². The third-order valence-electron chi connectivity index (χ3n) is 4.35. The number of amides is 2. The standard InChI is InChI=1S/C22H28N2O7S/c1-3-30-22(26)24-16-32(27,28)20-11-7-4-8-17(20)12-13-23-21(25)18-9-5-6-10-19(18)31-15-14-29-2/h4-11H,3,12-16H2,1-2H3,(H,23,25)(H,24,26). The number of alkyl carbamates (subject to hydrolysis) is 1. The molecule has 9 nitrogen and oxygen atoms in total. The van der Waals surface area contributed by atoms with Gasteiger partial charge < -0.3 is 24.8 Å². The molecule has 2 rings (SSSR count). The number of hydrogen-bond acceptors (Lipinski definition) is 7. The molecule has 2 aromatic carbocycles. The van der Waals surface area contributed by atoms with Crippen LogP contribution in [0.1, 0.15) is 22.8 Å². The molecule has 174 valence electrons. The number of hydrogen-bond donors (Lipinski definition) is 2. The Bertz CT molecular complexity index is 1010. The summed E-state index contributed by atoms with van der Waals surface area (Å²) >= 11 is 0. The lowest BCUT2D eigenvalue weighted by Gasteiger charge is -2.13. The van der Waals surface area contributed by atoms with E-state index >= 15 is 0 Å². The number of sulfone groups is 1. The number of ether oxygens (including phenoxy) is 3. The lowest BCUT2D eigenvalue weighted by Crippen LogP contribution is -2.31. The van der Waals surface area contributed by atoms with Gasteiger partial charge in [0.1, 0.15) is 18.2 Å². The third-order valence-corrected chi connectivity index (χ3v) is 5.94. The van der Waals surface area contributed by atoms with Crippen molar-refractivity contribution in [2.24, 2.45) is 0 Å². The Labute approximate surface area is 188 Å². The van der Waals surface area contributed by atoms with Crippen LogP contribution in [0.15, 0.2) is 53.4 Å². The molecule has 0 heterocycles. The van der Waals surface area contributed by atoms with Gasteiger partial charge in [-0.15, -0.1) is 0 Å². The van der Waals surface area contributed by atoms with Crippen molar-refractivity contribution in [1.82, 2.24) is 10.6 Å². The first-order valence-corrected chi connectivity index (χ1v) is 11.7. The molecule has 0 unspecified atom stereocenters. The predicted octanol–water partition coefficient (Wildman–Crippen LogP) is 2.16. The second-order valence-corrected chi connectivity index (χ2v) is 8.57. The number of methoxy groups -OCH3 is 1. The fourth-order valence-corrected chi connectivity index (χ4v) is 4.17. The van der Waals surface area contributed by atoms with Gasteiger partial charge in [-0.25, -0.2) is 13.2 Å². The molecule has 0 aliphatic rings. The molecule has 0 aromatic heterocycles. The predicted molar refractivity (Wildman–Crippen MR) is 119 cm³/mol. The first-order valence-electron chi connectivity index (χ1n) is 10.1. The molecule has 0 fully saturated rings. The average Bonchev–Trinajstić information content (AvgIpc) is 2.79. The van der Waals surface area contributed by atoms with Crippen molar-refractivity contribution in [2.45, 2.75) is 18.2 Å². The second-order valence-electron chi connectivity index (χ2n) is 6.61. The van der Waals surface area contributed by atoms with Crippen LogP contribution in [0.3, 0.4) is 0 Å². The van der Waals surface area contributed by atoms with Gasteiger partial charge in [0, 0.05) is 13.7 Å². The Morgan fingerprint density at radius 3 is 2.44 bits per heavy atom. The van der Waals surface area contributed by atoms with Crippen LogP contribution in [-0.2, 0) is 25.7 Å². The highest BCUT2D eigenvalue weighted by Crippen LogP contribution is 2.19. The van der Waals surface area contributed by atoms with E-state index in [0.29, 0.717) is 30.1 Å². The number of rotatable bonds is 12. The van der Waals surface area contributed by atoms with Crippen LogP contribution >= 0.6 is 0 Å². The summed E-state index contributed by atoms with van der Waals surface area (Å²) in [6.07, 6.45) is -0.514. The Morgan fingerprint density at radius 2 is 1.69 bits per heavy atom. The summed E-state index contributed by atoms with van der Waals surface area (Å²) in [6, 6.07) is 13.3. The number of nitrogens with one attached hydrogen (secondary N) is 2. The fourth-order valence-electron chi connectivity index (χ4n) is 2.85. The number of benzene rings is 2. The smallest absolute Gasteiger partial charge is 0.407 e. The normalized spacial score (nSPS) is 10.9. The van der Waals surface area contributed by atoms with E-state index in [-0.39, 0.29) is 30.4 Å².